The van der Waals surface area contributed by atoms with E-state index in [1.165, 1.54) is 17.1 Å². The molecule has 3 aromatic heterocycles. The smallest absolute Gasteiger partial charge is 0.265 e. The average Bonchev–Trinajstić information content (AvgIpc) is 3.31. The number of nitrogens with one attached hydrogen (secondary N) is 1. The van der Waals surface area contributed by atoms with Crippen molar-refractivity contribution in [3.8, 4) is 0 Å². The van der Waals surface area contributed by atoms with Crippen molar-refractivity contribution in [2.24, 2.45) is 5.10 Å². The predicted molar refractivity (Wildman–Crippen MR) is 82.8 cm³/mol. The van der Waals surface area contributed by atoms with Gasteiger partial charge in [-0.25, -0.2) is 10.1 Å². The second-order valence-corrected chi connectivity index (χ2v) is 4.83. The second kappa shape index (κ2) is 6.86. The van der Waals surface area contributed by atoms with E-state index >= 15 is 0 Å². The molecule has 3 rings (SSSR count). The summed E-state index contributed by atoms with van der Waals surface area (Å²) in [5, 5.41) is 15.7. The minimum atomic E-state index is -0.501. The molecule has 9 nitrogen and oxygen atoms in total. The zero-order valence-electron chi connectivity index (χ0n) is 12.9. The summed E-state index contributed by atoms with van der Waals surface area (Å²) in [7, 11) is 0. The van der Waals surface area contributed by atoms with Crippen LogP contribution in [0.15, 0.2) is 42.0 Å². The molecule has 1 amide bonds. The van der Waals surface area contributed by atoms with Gasteiger partial charge in [0.25, 0.3) is 5.91 Å². The van der Waals surface area contributed by atoms with E-state index in [9.17, 15) is 9.18 Å². The number of aromatic nitrogens is 6. The quantitative estimate of drug-likeness (QED) is 0.532. The highest BCUT2D eigenvalue weighted by atomic mass is 19.1. The summed E-state index contributed by atoms with van der Waals surface area (Å²) in [5.41, 5.74) is 2.70. The fourth-order valence-corrected chi connectivity index (χ4v) is 2.00. The van der Waals surface area contributed by atoms with Crippen molar-refractivity contribution in [2.75, 3.05) is 0 Å². The Labute approximate surface area is 136 Å². The zero-order chi connectivity index (χ0) is 16.9. The van der Waals surface area contributed by atoms with Gasteiger partial charge in [0, 0.05) is 25.1 Å². The van der Waals surface area contributed by atoms with Crippen LogP contribution in [0, 0.1) is 5.95 Å². The lowest BCUT2D eigenvalue weighted by Gasteiger charge is -2.00. The number of hydrazone groups is 1. The number of carbonyl (C=O) groups excluding carboxylic acids is 1. The number of hydrogen-bond acceptors (Lipinski definition) is 5. The number of aryl methyl sites for hydroxylation is 1. The zero-order valence-corrected chi connectivity index (χ0v) is 12.9. The number of hydrogen-bond donors (Lipinski definition) is 1. The first-order valence-electron chi connectivity index (χ1n) is 7.23. The minimum Gasteiger partial charge on any atom is -0.265 e. The topological polar surface area (TPSA) is 94.9 Å². The molecular formula is C14H15FN8O. The van der Waals surface area contributed by atoms with Gasteiger partial charge in [-0.1, -0.05) is 0 Å². The number of amides is 1. The standard InChI is InChI=1S/C14H15FN8O/c1-2-23-13(15)11(9-18-23)8-16-19-14(24)12-4-7-22(20-12)10-21-6-3-5-17-21/h3-9H,2,10H2,1H3,(H,19,24)/b16-8-. The van der Waals surface area contributed by atoms with Crippen LogP contribution in [-0.4, -0.2) is 41.5 Å². The number of carbonyl (C=O) groups is 1. The maximum absolute atomic E-state index is 13.7. The third-order valence-corrected chi connectivity index (χ3v) is 3.19. The molecule has 0 aliphatic carbocycles. The maximum atomic E-state index is 13.7. The van der Waals surface area contributed by atoms with Crippen molar-refractivity contribution in [3.05, 3.63) is 54.1 Å². The fraction of sp³-hybridized carbons (Fsp3) is 0.214. The highest BCUT2D eigenvalue weighted by Gasteiger charge is 2.10. The van der Waals surface area contributed by atoms with Crippen molar-refractivity contribution >= 4 is 12.1 Å². The van der Waals surface area contributed by atoms with Crippen LogP contribution in [0.4, 0.5) is 4.39 Å². The Morgan fingerprint density at radius 2 is 2.25 bits per heavy atom. The lowest BCUT2D eigenvalue weighted by Crippen LogP contribution is -2.19. The maximum Gasteiger partial charge on any atom is 0.291 e. The number of halogens is 1. The molecule has 0 unspecified atom stereocenters. The van der Waals surface area contributed by atoms with Crippen LogP contribution in [0.2, 0.25) is 0 Å². The van der Waals surface area contributed by atoms with Gasteiger partial charge in [-0.2, -0.15) is 24.8 Å². The molecule has 0 saturated carbocycles. The first-order chi connectivity index (χ1) is 11.7. The van der Waals surface area contributed by atoms with Gasteiger partial charge in [-0.15, -0.1) is 0 Å². The van der Waals surface area contributed by atoms with E-state index in [0.29, 0.717) is 13.2 Å². The van der Waals surface area contributed by atoms with Crippen LogP contribution in [0.1, 0.15) is 23.0 Å². The second-order valence-electron chi connectivity index (χ2n) is 4.83. The monoisotopic (exact) mass is 330 g/mol. The van der Waals surface area contributed by atoms with Crippen molar-refractivity contribution < 1.29 is 9.18 Å². The van der Waals surface area contributed by atoms with Gasteiger partial charge in [-0.3, -0.25) is 14.2 Å². The Hall–Kier alpha value is -3.30. The third-order valence-electron chi connectivity index (χ3n) is 3.19. The van der Waals surface area contributed by atoms with Gasteiger partial charge in [0.2, 0.25) is 5.95 Å². The van der Waals surface area contributed by atoms with Crippen LogP contribution < -0.4 is 5.43 Å². The average molecular weight is 330 g/mol. The lowest BCUT2D eigenvalue weighted by atomic mass is 10.4. The first-order valence-corrected chi connectivity index (χ1v) is 7.23. The molecule has 0 aromatic carbocycles. The summed E-state index contributed by atoms with van der Waals surface area (Å²) >= 11 is 0. The van der Waals surface area contributed by atoms with E-state index in [1.807, 2.05) is 0 Å². The highest BCUT2D eigenvalue weighted by Crippen LogP contribution is 2.03. The van der Waals surface area contributed by atoms with Crippen LogP contribution >= 0.6 is 0 Å². The van der Waals surface area contributed by atoms with Crippen LogP contribution in [0.25, 0.3) is 0 Å². The molecule has 0 spiro atoms. The van der Waals surface area contributed by atoms with E-state index in [4.69, 9.17) is 0 Å². The molecule has 0 aliphatic heterocycles. The summed E-state index contributed by atoms with van der Waals surface area (Å²) in [5.74, 6) is -0.993. The molecular weight excluding hydrogens is 315 g/mol. The lowest BCUT2D eigenvalue weighted by molar-refractivity contribution is 0.0949. The van der Waals surface area contributed by atoms with Crippen molar-refractivity contribution in [1.29, 1.82) is 0 Å². The minimum absolute atomic E-state index is 0.196. The summed E-state index contributed by atoms with van der Waals surface area (Å²) in [4.78, 5) is 12.0. The Bertz CT molecular complexity index is 848. The van der Waals surface area contributed by atoms with Crippen molar-refractivity contribution in [2.45, 2.75) is 20.1 Å². The molecule has 124 valence electrons. The molecule has 24 heavy (non-hydrogen) atoms. The van der Waals surface area contributed by atoms with Crippen LogP contribution in [-0.2, 0) is 13.2 Å². The summed E-state index contributed by atoms with van der Waals surface area (Å²) in [6.45, 7) is 2.59. The van der Waals surface area contributed by atoms with Crippen molar-refractivity contribution in [1.82, 2.24) is 34.8 Å². The molecule has 0 radical (unpaired) electrons. The van der Waals surface area contributed by atoms with E-state index < -0.39 is 11.9 Å². The van der Waals surface area contributed by atoms with E-state index in [1.54, 1.807) is 47.0 Å². The van der Waals surface area contributed by atoms with Gasteiger partial charge >= 0.3 is 0 Å². The molecule has 0 fully saturated rings. The molecule has 1 N–H and O–H groups in total. The summed E-state index contributed by atoms with van der Waals surface area (Å²) in [6, 6.07) is 3.36. The molecule has 0 atom stereocenters. The normalized spacial score (nSPS) is 11.2. The van der Waals surface area contributed by atoms with Crippen LogP contribution in [0.3, 0.4) is 0 Å². The Kier molecular flexibility index (Phi) is 4.45. The molecule has 0 aliphatic rings. The molecule has 3 heterocycles. The summed E-state index contributed by atoms with van der Waals surface area (Å²) in [6.07, 6.45) is 7.65. The third kappa shape index (κ3) is 3.37. The Morgan fingerprint density at radius 1 is 1.38 bits per heavy atom. The predicted octanol–water partition coefficient (Wildman–Crippen LogP) is 0.705. The van der Waals surface area contributed by atoms with Gasteiger partial charge in [0.1, 0.15) is 6.67 Å². The van der Waals surface area contributed by atoms with E-state index in [2.05, 4.69) is 25.8 Å². The number of rotatable bonds is 6. The van der Waals surface area contributed by atoms with Gasteiger partial charge < -0.3 is 0 Å². The fourth-order valence-electron chi connectivity index (χ4n) is 2.00. The van der Waals surface area contributed by atoms with Gasteiger partial charge in [0.05, 0.1) is 18.0 Å². The Balaban J connectivity index is 1.59. The Morgan fingerprint density at radius 3 is 2.96 bits per heavy atom. The van der Waals surface area contributed by atoms with Gasteiger partial charge in [0.15, 0.2) is 5.69 Å². The summed E-state index contributed by atoms with van der Waals surface area (Å²) < 4.78 is 18.2. The number of nitrogens with zero attached hydrogens (tertiary/aromatic N) is 7. The molecule has 3 aromatic rings. The molecule has 10 heteroatoms. The van der Waals surface area contributed by atoms with E-state index in [0.717, 1.165) is 0 Å². The highest BCUT2D eigenvalue weighted by molar-refractivity contribution is 5.92. The van der Waals surface area contributed by atoms with Crippen molar-refractivity contribution in [3.63, 3.8) is 0 Å². The SMILES string of the molecule is CCn1ncc(/C=N\NC(=O)c2ccn(Cn3cccn3)n2)c1F. The largest absolute Gasteiger partial charge is 0.291 e. The molecule has 0 bridgehead atoms. The molecule has 0 saturated heterocycles. The van der Waals surface area contributed by atoms with Gasteiger partial charge in [-0.05, 0) is 19.1 Å². The van der Waals surface area contributed by atoms with Crippen LogP contribution in [0.5, 0.6) is 0 Å². The van der Waals surface area contributed by atoms with E-state index in [-0.39, 0.29) is 11.3 Å². The first kappa shape index (κ1) is 15.6.